The van der Waals surface area contributed by atoms with E-state index in [2.05, 4.69) is 109 Å². The van der Waals surface area contributed by atoms with Crippen molar-refractivity contribution in [2.45, 2.75) is 19.3 Å². The Balaban J connectivity index is 1.24. The number of hydrogen-bond donors (Lipinski definition) is 0. The Bertz CT molecular complexity index is 2510. The van der Waals surface area contributed by atoms with E-state index in [0.29, 0.717) is 11.0 Å². The third-order valence-electron chi connectivity index (χ3n) is 9.45. The highest BCUT2D eigenvalue weighted by Crippen LogP contribution is 2.49. The van der Waals surface area contributed by atoms with Gasteiger partial charge in [0.05, 0.1) is 16.4 Å². The molecule has 8 aromatic rings. The first-order chi connectivity index (χ1) is 21.0. The predicted molar refractivity (Wildman–Crippen MR) is 177 cm³/mol. The highest BCUT2D eigenvalue weighted by atomic mass is 16.4. The molecule has 3 nitrogen and oxygen atoms in total. The molecule has 0 N–H and O–H groups in total. The maximum atomic E-state index is 13.1. The molecule has 43 heavy (non-hydrogen) atoms. The molecule has 0 aliphatic heterocycles. The fourth-order valence-electron chi connectivity index (χ4n) is 7.32. The number of nitrogens with zero attached hydrogens (tertiary/aromatic N) is 1. The average Bonchev–Trinajstić information content (AvgIpc) is 3.49. The Kier molecular flexibility index (Phi) is 4.82. The van der Waals surface area contributed by atoms with Gasteiger partial charge in [-0.2, -0.15) is 0 Å². The molecule has 2 heterocycles. The van der Waals surface area contributed by atoms with E-state index in [4.69, 9.17) is 4.42 Å². The van der Waals surface area contributed by atoms with Crippen LogP contribution in [0.4, 0.5) is 0 Å². The fourth-order valence-corrected chi connectivity index (χ4v) is 7.32. The molecule has 0 unspecified atom stereocenters. The van der Waals surface area contributed by atoms with E-state index in [0.717, 1.165) is 27.5 Å². The zero-order valence-corrected chi connectivity index (χ0v) is 23.9. The zero-order chi connectivity index (χ0) is 28.9. The molecule has 0 amide bonds. The summed E-state index contributed by atoms with van der Waals surface area (Å²) in [5.74, 6) is 0. The van der Waals surface area contributed by atoms with Crippen molar-refractivity contribution in [1.29, 1.82) is 0 Å². The lowest BCUT2D eigenvalue weighted by Gasteiger charge is -2.22. The first kappa shape index (κ1) is 24.2. The van der Waals surface area contributed by atoms with Gasteiger partial charge in [-0.1, -0.05) is 98.8 Å². The highest BCUT2D eigenvalue weighted by Gasteiger charge is 2.35. The van der Waals surface area contributed by atoms with Gasteiger partial charge in [0.2, 0.25) is 0 Å². The van der Waals surface area contributed by atoms with Crippen LogP contribution in [0, 0.1) is 0 Å². The quantitative estimate of drug-likeness (QED) is 0.158. The van der Waals surface area contributed by atoms with Crippen LogP contribution in [-0.4, -0.2) is 4.57 Å². The van der Waals surface area contributed by atoms with Crippen molar-refractivity contribution >= 4 is 43.5 Å². The standard InChI is InChI=1S/C40H27NO2/c1-40(2)34-12-6-3-9-28(34)29-18-15-25(22-35(29)40)24-16-20-37-32(21-24)30-10-4-7-13-36(30)41(37)26-17-19-27-31-11-5-8-14-38(31)43-39(42)33(27)23-26/h3-23H,1-2H3. The van der Waals surface area contributed by atoms with Gasteiger partial charge in [-0.05, 0) is 75.8 Å². The molecule has 0 fully saturated rings. The minimum atomic E-state index is -0.319. The number of hydrogen-bond acceptors (Lipinski definition) is 2. The van der Waals surface area contributed by atoms with Crippen LogP contribution in [0.15, 0.2) is 137 Å². The molecule has 2 aromatic heterocycles. The Hall–Kier alpha value is -5.41. The van der Waals surface area contributed by atoms with Crippen LogP contribution in [0.2, 0.25) is 0 Å². The SMILES string of the molecule is CC1(C)c2ccccc2-c2ccc(-c3ccc4c(c3)c3ccccc3n4-c3ccc4c(c3)c(=O)oc3ccccc34)cc21. The normalized spacial score (nSPS) is 13.6. The maximum Gasteiger partial charge on any atom is 0.344 e. The van der Waals surface area contributed by atoms with Crippen molar-refractivity contribution < 1.29 is 4.42 Å². The summed E-state index contributed by atoms with van der Waals surface area (Å²) in [5.41, 5.74) is 11.2. The van der Waals surface area contributed by atoms with Gasteiger partial charge in [-0.25, -0.2) is 4.79 Å². The minimum Gasteiger partial charge on any atom is -0.422 e. The van der Waals surface area contributed by atoms with Gasteiger partial charge in [0, 0.05) is 32.6 Å². The fraction of sp³-hybridized carbons (Fsp3) is 0.0750. The van der Waals surface area contributed by atoms with Crippen LogP contribution in [0.25, 0.3) is 71.5 Å². The molecule has 0 saturated heterocycles. The van der Waals surface area contributed by atoms with Crippen LogP contribution >= 0.6 is 0 Å². The van der Waals surface area contributed by atoms with Gasteiger partial charge < -0.3 is 8.98 Å². The van der Waals surface area contributed by atoms with Crippen molar-refractivity contribution in [3.8, 4) is 27.9 Å². The van der Waals surface area contributed by atoms with Crippen LogP contribution in [0.1, 0.15) is 25.0 Å². The lowest BCUT2D eigenvalue weighted by molar-refractivity contribution is 0.569. The monoisotopic (exact) mass is 553 g/mol. The summed E-state index contributed by atoms with van der Waals surface area (Å²) in [6, 6.07) is 44.8. The lowest BCUT2D eigenvalue weighted by Crippen LogP contribution is -2.14. The molecule has 1 aliphatic rings. The van der Waals surface area contributed by atoms with E-state index in [1.165, 1.54) is 44.2 Å². The van der Waals surface area contributed by atoms with Gasteiger partial charge in [-0.15, -0.1) is 0 Å². The predicted octanol–water partition coefficient (Wildman–Crippen LogP) is 10.0. The summed E-state index contributed by atoms with van der Waals surface area (Å²) in [5, 5.41) is 4.79. The Morgan fingerprint density at radius 2 is 1.23 bits per heavy atom. The summed E-state index contributed by atoms with van der Waals surface area (Å²) >= 11 is 0. The number of fused-ring (bicyclic) bond motifs is 9. The van der Waals surface area contributed by atoms with Crippen molar-refractivity contribution in [2.75, 3.05) is 0 Å². The Morgan fingerprint density at radius 1 is 0.535 bits per heavy atom. The van der Waals surface area contributed by atoms with E-state index >= 15 is 0 Å². The van der Waals surface area contributed by atoms with Crippen molar-refractivity contribution in [1.82, 2.24) is 4.57 Å². The second-order valence-electron chi connectivity index (χ2n) is 12.1. The molecule has 204 valence electrons. The number of para-hydroxylation sites is 2. The third-order valence-corrected chi connectivity index (χ3v) is 9.45. The zero-order valence-electron chi connectivity index (χ0n) is 23.9. The van der Waals surface area contributed by atoms with E-state index in [1.54, 1.807) is 0 Å². The first-order valence-corrected chi connectivity index (χ1v) is 14.7. The van der Waals surface area contributed by atoms with Crippen molar-refractivity contribution in [2.24, 2.45) is 0 Å². The van der Waals surface area contributed by atoms with Crippen LogP contribution in [-0.2, 0) is 5.41 Å². The number of benzene rings is 6. The summed E-state index contributed by atoms with van der Waals surface area (Å²) in [7, 11) is 0. The number of rotatable bonds is 2. The third kappa shape index (κ3) is 3.33. The molecule has 1 aliphatic carbocycles. The second-order valence-corrected chi connectivity index (χ2v) is 12.1. The lowest BCUT2D eigenvalue weighted by atomic mass is 9.81. The molecular formula is C40H27NO2. The molecule has 0 bridgehead atoms. The molecule has 9 rings (SSSR count). The smallest absolute Gasteiger partial charge is 0.344 e. The van der Waals surface area contributed by atoms with E-state index in [9.17, 15) is 4.79 Å². The Labute approximate surface area is 248 Å². The topological polar surface area (TPSA) is 35.1 Å². The van der Waals surface area contributed by atoms with Gasteiger partial charge in [-0.3, -0.25) is 0 Å². The van der Waals surface area contributed by atoms with Crippen LogP contribution in [0.3, 0.4) is 0 Å². The molecule has 0 radical (unpaired) electrons. The van der Waals surface area contributed by atoms with Gasteiger partial charge in [0.1, 0.15) is 5.58 Å². The summed E-state index contributed by atoms with van der Waals surface area (Å²) < 4.78 is 7.94. The molecule has 6 aromatic carbocycles. The molecule has 3 heteroatoms. The van der Waals surface area contributed by atoms with Gasteiger partial charge in [0.25, 0.3) is 0 Å². The van der Waals surface area contributed by atoms with Crippen LogP contribution < -0.4 is 5.63 Å². The first-order valence-electron chi connectivity index (χ1n) is 14.7. The maximum absolute atomic E-state index is 13.1. The minimum absolute atomic E-state index is 0.0455. The molecular weight excluding hydrogens is 526 g/mol. The van der Waals surface area contributed by atoms with E-state index in [1.807, 2.05) is 36.4 Å². The van der Waals surface area contributed by atoms with E-state index < -0.39 is 0 Å². The Morgan fingerprint density at radius 3 is 2.14 bits per heavy atom. The largest absolute Gasteiger partial charge is 0.422 e. The van der Waals surface area contributed by atoms with Gasteiger partial charge in [0.15, 0.2) is 0 Å². The second kappa shape index (κ2) is 8.56. The van der Waals surface area contributed by atoms with Crippen LogP contribution in [0.5, 0.6) is 0 Å². The summed E-state index contributed by atoms with van der Waals surface area (Å²) in [6.45, 7) is 4.65. The molecule has 0 saturated carbocycles. The summed E-state index contributed by atoms with van der Waals surface area (Å²) in [6.07, 6.45) is 0. The van der Waals surface area contributed by atoms with E-state index in [-0.39, 0.29) is 11.0 Å². The highest BCUT2D eigenvalue weighted by molar-refractivity contribution is 6.11. The van der Waals surface area contributed by atoms with Crippen molar-refractivity contribution in [3.05, 3.63) is 149 Å². The number of aromatic nitrogens is 1. The van der Waals surface area contributed by atoms with Crippen molar-refractivity contribution in [3.63, 3.8) is 0 Å². The summed E-state index contributed by atoms with van der Waals surface area (Å²) in [4.78, 5) is 13.1. The molecule has 0 spiro atoms. The average molecular weight is 554 g/mol. The van der Waals surface area contributed by atoms with Gasteiger partial charge >= 0.3 is 5.63 Å². The molecule has 0 atom stereocenters.